The maximum absolute atomic E-state index is 12.9. The summed E-state index contributed by atoms with van der Waals surface area (Å²) >= 11 is 0. The summed E-state index contributed by atoms with van der Waals surface area (Å²) < 4.78 is 5.33. The largest absolute Gasteiger partial charge is 0.497 e. The fourth-order valence-electron chi connectivity index (χ4n) is 4.78. The van der Waals surface area contributed by atoms with Crippen LogP contribution in [0.4, 0.5) is 0 Å². The summed E-state index contributed by atoms with van der Waals surface area (Å²) in [4.78, 5) is 35.2. The van der Waals surface area contributed by atoms with E-state index in [0.717, 1.165) is 28.5 Å². The highest BCUT2D eigenvalue weighted by Gasteiger charge is 2.41. The smallest absolute Gasteiger partial charge is 0.162 e. The van der Waals surface area contributed by atoms with Gasteiger partial charge < -0.3 is 4.74 Å². The third kappa shape index (κ3) is 3.03. The Labute approximate surface area is 164 Å². The minimum absolute atomic E-state index is 0.0640. The maximum atomic E-state index is 12.9. The molecule has 1 aromatic rings. The number of methoxy groups -OCH3 is 1. The van der Waals surface area contributed by atoms with E-state index in [2.05, 4.69) is 6.07 Å². The predicted molar refractivity (Wildman–Crippen MR) is 108 cm³/mol. The van der Waals surface area contributed by atoms with E-state index in [1.54, 1.807) is 14.0 Å². The van der Waals surface area contributed by atoms with Gasteiger partial charge in [0, 0.05) is 35.4 Å². The second kappa shape index (κ2) is 7.12. The summed E-state index contributed by atoms with van der Waals surface area (Å²) in [6.07, 6.45) is 2.90. The number of benzene rings is 1. The lowest BCUT2D eigenvalue weighted by atomic mass is 9.70. The zero-order valence-electron chi connectivity index (χ0n) is 16.9. The third-order valence-electron chi connectivity index (χ3n) is 6.15. The molecule has 28 heavy (non-hydrogen) atoms. The summed E-state index contributed by atoms with van der Waals surface area (Å²) in [6, 6.07) is 5.87. The first kappa shape index (κ1) is 18.8. The molecule has 146 valence electrons. The van der Waals surface area contributed by atoms with Gasteiger partial charge in [-0.2, -0.15) is 0 Å². The van der Waals surface area contributed by atoms with Crippen LogP contribution in [0.15, 0.2) is 39.8 Å². The lowest BCUT2D eigenvalue weighted by Crippen LogP contribution is -2.40. The molecule has 0 N–H and O–H groups in total. The molecular weight excluding hydrogens is 352 g/mol. The Morgan fingerprint density at radius 2 is 2.04 bits per heavy atom. The molecule has 0 amide bonds. The Balaban J connectivity index is 1.70. The molecular formula is C23H26N2O3. The monoisotopic (exact) mass is 378 g/mol. The number of fused-ring (bicyclic) bond motifs is 2. The lowest BCUT2D eigenvalue weighted by Gasteiger charge is -2.33. The normalized spacial score (nSPS) is 26.5. The molecule has 5 heteroatoms. The van der Waals surface area contributed by atoms with Gasteiger partial charge >= 0.3 is 0 Å². The van der Waals surface area contributed by atoms with E-state index in [-0.39, 0.29) is 35.4 Å². The van der Waals surface area contributed by atoms with E-state index in [4.69, 9.17) is 14.7 Å². The van der Waals surface area contributed by atoms with Crippen molar-refractivity contribution in [3.63, 3.8) is 0 Å². The maximum Gasteiger partial charge on any atom is 0.162 e. The number of carbonyl (C=O) groups is 2. The zero-order valence-corrected chi connectivity index (χ0v) is 16.9. The minimum Gasteiger partial charge on any atom is -0.497 e. The summed E-state index contributed by atoms with van der Waals surface area (Å²) in [7, 11) is 1.65. The van der Waals surface area contributed by atoms with Crippen LogP contribution in [0.3, 0.4) is 0 Å². The number of aliphatic imine (C=N–C) groups is 1. The summed E-state index contributed by atoms with van der Waals surface area (Å²) in [5, 5.41) is 2.08. The summed E-state index contributed by atoms with van der Waals surface area (Å²) in [6.45, 7) is 6.48. The molecule has 0 aromatic heterocycles. The highest BCUT2D eigenvalue weighted by molar-refractivity contribution is 6.12. The molecule has 0 saturated heterocycles. The Kier molecular flexibility index (Phi) is 4.77. The number of hydrogen-bond donors (Lipinski definition) is 0. The quantitative estimate of drug-likeness (QED) is 0.805. The number of hydrogen-bond acceptors (Lipinski definition) is 5. The van der Waals surface area contributed by atoms with Gasteiger partial charge in [-0.25, -0.2) is 0 Å². The number of ether oxygens (including phenoxy) is 1. The summed E-state index contributed by atoms with van der Waals surface area (Å²) in [5.74, 6) is 0.408. The highest BCUT2D eigenvalue weighted by atomic mass is 16.5. The number of ketones is 2. The van der Waals surface area contributed by atoms with Crippen LogP contribution in [-0.2, 0) is 9.59 Å². The van der Waals surface area contributed by atoms with Crippen LogP contribution in [0.1, 0.15) is 33.6 Å². The van der Waals surface area contributed by atoms with Crippen LogP contribution in [0.25, 0.3) is 5.57 Å². The first-order chi connectivity index (χ1) is 13.4. The van der Waals surface area contributed by atoms with Gasteiger partial charge in [-0.05, 0) is 55.0 Å². The minimum atomic E-state index is -0.343. The molecule has 4 rings (SSSR count). The SMILES string of the molecule is COc1ccc2c(c1)=NC1C(CC3C(=O)C(C)=CC(=O)C3C(C)C)=NCCC=21. The molecule has 3 unspecified atom stereocenters. The summed E-state index contributed by atoms with van der Waals surface area (Å²) in [5.41, 5.74) is 2.76. The molecule has 0 bridgehead atoms. The predicted octanol–water partition coefficient (Wildman–Crippen LogP) is 2.07. The third-order valence-corrected chi connectivity index (χ3v) is 6.15. The van der Waals surface area contributed by atoms with E-state index in [9.17, 15) is 9.59 Å². The number of carbonyl (C=O) groups excluding carboxylic acids is 2. The number of nitrogens with zero attached hydrogens (tertiary/aromatic N) is 2. The van der Waals surface area contributed by atoms with Crippen molar-refractivity contribution in [3.8, 4) is 5.75 Å². The van der Waals surface area contributed by atoms with Crippen molar-refractivity contribution in [1.82, 2.24) is 0 Å². The average Bonchev–Trinajstić information content (AvgIpc) is 3.04. The number of allylic oxidation sites excluding steroid dienone is 2. The van der Waals surface area contributed by atoms with Gasteiger partial charge in [0.25, 0.3) is 0 Å². The van der Waals surface area contributed by atoms with E-state index >= 15 is 0 Å². The fraction of sp³-hybridized carbons (Fsp3) is 0.478. The van der Waals surface area contributed by atoms with Gasteiger partial charge in [0.1, 0.15) is 11.8 Å². The molecule has 1 aliphatic carbocycles. The van der Waals surface area contributed by atoms with Crippen molar-refractivity contribution in [2.45, 2.75) is 39.7 Å². The second-order valence-corrected chi connectivity index (χ2v) is 8.24. The molecule has 0 saturated carbocycles. The fourth-order valence-corrected chi connectivity index (χ4v) is 4.78. The van der Waals surface area contributed by atoms with E-state index in [0.29, 0.717) is 18.5 Å². The first-order valence-electron chi connectivity index (χ1n) is 9.95. The van der Waals surface area contributed by atoms with Gasteiger partial charge in [0.2, 0.25) is 0 Å². The van der Waals surface area contributed by atoms with Crippen molar-refractivity contribution in [3.05, 3.63) is 40.4 Å². The molecule has 0 spiro atoms. The zero-order chi connectivity index (χ0) is 20.0. The van der Waals surface area contributed by atoms with Gasteiger partial charge in [-0.3, -0.25) is 19.6 Å². The van der Waals surface area contributed by atoms with Gasteiger partial charge in [0.15, 0.2) is 11.6 Å². The van der Waals surface area contributed by atoms with Crippen molar-refractivity contribution in [2.75, 3.05) is 13.7 Å². The molecule has 1 aromatic carbocycles. The molecule has 2 aliphatic heterocycles. The van der Waals surface area contributed by atoms with E-state index in [1.165, 1.54) is 11.6 Å². The van der Waals surface area contributed by atoms with Gasteiger partial charge in [0.05, 0.1) is 12.5 Å². The first-order valence-corrected chi connectivity index (χ1v) is 9.95. The topological polar surface area (TPSA) is 68.1 Å². The highest BCUT2D eigenvalue weighted by Crippen LogP contribution is 2.35. The van der Waals surface area contributed by atoms with Crippen molar-refractivity contribution >= 4 is 22.9 Å². The average molecular weight is 378 g/mol. The standard InChI is InChI=1S/C23H26N2O3/c1-12(2)21-17(23(27)13(3)9-20(21)26)11-19-22-16(7-8-24-19)15-6-5-14(28-4)10-18(15)25-22/h5-6,9-10,12,17,21-22H,7-8,11H2,1-4H3. The lowest BCUT2D eigenvalue weighted by molar-refractivity contribution is -0.131. The van der Waals surface area contributed by atoms with Crippen LogP contribution >= 0.6 is 0 Å². The van der Waals surface area contributed by atoms with Crippen LogP contribution in [0, 0.1) is 17.8 Å². The Hall–Kier alpha value is -2.56. The molecule has 0 fully saturated rings. The van der Waals surface area contributed by atoms with E-state index in [1.807, 2.05) is 26.0 Å². The molecule has 2 heterocycles. The Bertz CT molecular complexity index is 1030. The van der Waals surface area contributed by atoms with Crippen LogP contribution in [0.5, 0.6) is 5.75 Å². The van der Waals surface area contributed by atoms with Gasteiger partial charge in [-0.15, -0.1) is 0 Å². The molecule has 3 atom stereocenters. The van der Waals surface area contributed by atoms with Crippen LogP contribution < -0.4 is 15.3 Å². The Morgan fingerprint density at radius 3 is 2.75 bits per heavy atom. The van der Waals surface area contributed by atoms with Crippen molar-refractivity contribution in [2.24, 2.45) is 27.7 Å². The van der Waals surface area contributed by atoms with E-state index < -0.39 is 0 Å². The Morgan fingerprint density at radius 1 is 1.25 bits per heavy atom. The van der Waals surface area contributed by atoms with Crippen molar-refractivity contribution in [1.29, 1.82) is 0 Å². The number of rotatable bonds is 4. The molecule has 3 aliphatic rings. The van der Waals surface area contributed by atoms with Gasteiger partial charge in [-0.1, -0.05) is 13.8 Å². The molecule has 0 radical (unpaired) electrons. The van der Waals surface area contributed by atoms with Crippen LogP contribution in [-0.4, -0.2) is 37.0 Å². The van der Waals surface area contributed by atoms with Crippen molar-refractivity contribution < 1.29 is 14.3 Å². The van der Waals surface area contributed by atoms with Crippen LogP contribution in [0.2, 0.25) is 0 Å². The number of Topliss-reactive ketones (excluding diaryl/α,β-unsaturated/α-hetero) is 1. The second-order valence-electron chi connectivity index (χ2n) is 8.24. The molecule has 5 nitrogen and oxygen atoms in total.